The van der Waals surface area contributed by atoms with Crippen molar-refractivity contribution in [1.29, 1.82) is 0 Å². The Morgan fingerprint density at radius 1 is 0.920 bits per heavy atom. The Morgan fingerprint density at radius 2 is 1.68 bits per heavy atom. The second kappa shape index (κ2) is 6.51. The summed E-state index contributed by atoms with van der Waals surface area (Å²) in [6.45, 7) is 4.15. The Balaban J connectivity index is 2.02. The zero-order chi connectivity index (χ0) is 18.2. The minimum Gasteiger partial charge on any atom is -0.194 e. The van der Waals surface area contributed by atoms with Gasteiger partial charge in [-0.05, 0) is 49.6 Å². The summed E-state index contributed by atoms with van der Waals surface area (Å²) in [5.74, 6) is 0. The Morgan fingerprint density at radius 3 is 2.40 bits per heavy atom. The summed E-state index contributed by atoms with van der Waals surface area (Å²) >= 11 is 0. The second-order valence-electron chi connectivity index (χ2n) is 6.60. The molecule has 3 aromatic rings. The molecule has 0 fully saturated rings. The van der Waals surface area contributed by atoms with Crippen LogP contribution in [0.4, 0.5) is 13.2 Å². The summed E-state index contributed by atoms with van der Waals surface area (Å²) in [6, 6.07) is 15.9. The van der Waals surface area contributed by atoms with Crippen LogP contribution in [0.5, 0.6) is 0 Å². The van der Waals surface area contributed by atoms with Crippen LogP contribution in [0, 0.1) is 13.8 Å². The van der Waals surface area contributed by atoms with Gasteiger partial charge in [0, 0.05) is 29.5 Å². The molecule has 1 aromatic heterocycles. The third-order valence-corrected chi connectivity index (χ3v) is 4.60. The van der Waals surface area contributed by atoms with Crippen molar-refractivity contribution in [2.24, 2.45) is 7.05 Å². The number of aromatic nitrogens is 1. The van der Waals surface area contributed by atoms with Gasteiger partial charge in [-0.2, -0.15) is 17.7 Å². The standard InChI is InChI=1S/C21H21F3N/c1-14-4-5-15(2)18(12-14)20-9-7-17-13-16(10-11-21(22,23)24)6-8-19(17)25(20)3/h4-9,12-13H,10-11H2,1-3H3/q+1. The highest BCUT2D eigenvalue weighted by Crippen LogP contribution is 2.26. The van der Waals surface area contributed by atoms with Gasteiger partial charge in [-0.15, -0.1) is 0 Å². The highest BCUT2D eigenvalue weighted by atomic mass is 19.4. The highest BCUT2D eigenvalue weighted by Gasteiger charge is 2.26. The number of fused-ring (bicyclic) bond motifs is 1. The zero-order valence-corrected chi connectivity index (χ0v) is 14.6. The number of rotatable bonds is 3. The molecule has 2 aromatic carbocycles. The minimum atomic E-state index is -4.12. The molecule has 0 aliphatic rings. The lowest BCUT2D eigenvalue weighted by Gasteiger charge is -2.09. The Kier molecular flexibility index (Phi) is 4.55. The van der Waals surface area contributed by atoms with E-state index in [1.165, 1.54) is 16.7 Å². The molecule has 25 heavy (non-hydrogen) atoms. The Hall–Kier alpha value is -2.36. The SMILES string of the molecule is Cc1ccc(C)c(-c2ccc3cc(CCC(F)(F)F)ccc3[n+]2C)c1. The van der Waals surface area contributed by atoms with Crippen LogP contribution in [-0.2, 0) is 13.5 Å². The van der Waals surface area contributed by atoms with Crippen LogP contribution in [0.25, 0.3) is 22.2 Å². The maximum atomic E-state index is 12.4. The molecule has 0 unspecified atom stereocenters. The lowest BCUT2D eigenvalue weighted by molar-refractivity contribution is -0.633. The summed E-state index contributed by atoms with van der Waals surface area (Å²) in [6.07, 6.45) is -4.89. The van der Waals surface area contributed by atoms with Gasteiger partial charge in [-0.1, -0.05) is 23.8 Å². The topological polar surface area (TPSA) is 3.88 Å². The maximum Gasteiger partial charge on any atom is 0.389 e. The summed E-state index contributed by atoms with van der Waals surface area (Å²) in [4.78, 5) is 0. The highest BCUT2D eigenvalue weighted by molar-refractivity contribution is 5.78. The minimum absolute atomic E-state index is 0.0158. The second-order valence-corrected chi connectivity index (χ2v) is 6.60. The quantitative estimate of drug-likeness (QED) is 0.557. The van der Waals surface area contributed by atoms with Gasteiger partial charge in [0.15, 0.2) is 0 Å². The summed E-state index contributed by atoms with van der Waals surface area (Å²) in [5.41, 5.74) is 6.38. The van der Waals surface area contributed by atoms with E-state index in [0.29, 0.717) is 5.56 Å². The Labute approximate surface area is 145 Å². The first-order valence-corrected chi connectivity index (χ1v) is 8.31. The fourth-order valence-corrected chi connectivity index (χ4v) is 3.18. The molecule has 1 heterocycles. The molecule has 0 amide bonds. The van der Waals surface area contributed by atoms with E-state index >= 15 is 0 Å². The first-order chi connectivity index (χ1) is 11.7. The summed E-state index contributed by atoms with van der Waals surface area (Å²) in [7, 11) is 1.99. The van der Waals surface area contributed by atoms with Gasteiger partial charge in [-0.3, -0.25) is 0 Å². The first kappa shape index (κ1) is 17.5. The van der Waals surface area contributed by atoms with Crippen LogP contribution in [0.15, 0.2) is 48.5 Å². The molecule has 0 bridgehead atoms. The van der Waals surface area contributed by atoms with E-state index in [-0.39, 0.29) is 6.42 Å². The monoisotopic (exact) mass is 344 g/mol. The number of nitrogens with zero attached hydrogens (tertiary/aromatic N) is 1. The largest absolute Gasteiger partial charge is 0.389 e. The van der Waals surface area contributed by atoms with E-state index < -0.39 is 12.6 Å². The molecular formula is C21H21F3N+. The average molecular weight is 344 g/mol. The van der Waals surface area contributed by atoms with Gasteiger partial charge in [0.1, 0.15) is 7.05 Å². The maximum absolute atomic E-state index is 12.4. The molecule has 0 atom stereocenters. The van der Waals surface area contributed by atoms with Crippen LogP contribution in [0.3, 0.4) is 0 Å². The number of hydrogen-bond donors (Lipinski definition) is 0. The first-order valence-electron chi connectivity index (χ1n) is 8.31. The van der Waals surface area contributed by atoms with Crippen molar-refractivity contribution in [3.8, 4) is 11.3 Å². The number of hydrogen-bond acceptors (Lipinski definition) is 0. The normalized spacial score (nSPS) is 11.9. The number of aryl methyl sites for hydroxylation is 4. The average Bonchev–Trinajstić information content (AvgIpc) is 2.55. The van der Waals surface area contributed by atoms with Gasteiger partial charge < -0.3 is 0 Å². The van der Waals surface area contributed by atoms with Crippen LogP contribution in [0.2, 0.25) is 0 Å². The van der Waals surface area contributed by atoms with Crippen LogP contribution < -0.4 is 4.57 Å². The fourth-order valence-electron chi connectivity index (χ4n) is 3.18. The molecular weight excluding hydrogens is 323 g/mol. The summed E-state index contributed by atoms with van der Waals surface area (Å²) in [5, 5.41) is 0.955. The molecule has 1 nitrogen and oxygen atoms in total. The third-order valence-electron chi connectivity index (χ3n) is 4.60. The molecule has 0 N–H and O–H groups in total. The molecule has 0 radical (unpaired) electrons. The van der Waals surface area contributed by atoms with E-state index in [4.69, 9.17) is 0 Å². The van der Waals surface area contributed by atoms with Gasteiger partial charge in [0.25, 0.3) is 0 Å². The number of alkyl halides is 3. The fraction of sp³-hybridized carbons (Fsp3) is 0.286. The van der Waals surface area contributed by atoms with Gasteiger partial charge in [0.2, 0.25) is 11.2 Å². The van der Waals surface area contributed by atoms with Crippen molar-refractivity contribution in [3.63, 3.8) is 0 Å². The number of benzene rings is 2. The lowest BCUT2D eigenvalue weighted by Crippen LogP contribution is -2.32. The molecule has 0 saturated heterocycles. The molecule has 0 saturated carbocycles. The molecule has 0 aliphatic carbocycles. The molecule has 3 rings (SSSR count). The van der Waals surface area contributed by atoms with E-state index in [2.05, 4.69) is 36.6 Å². The van der Waals surface area contributed by atoms with Gasteiger partial charge in [0.05, 0.1) is 0 Å². The smallest absolute Gasteiger partial charge is 0.194 e. The van der Waals surface area contributed by atoms with Gasteiger partial charge in [-0.25, -0.2) is 0 Å². The van der Waals surface area contributed by atoms with Crippen molar-refractivity contribution in [3.05, 3.63) is 65.2 Å². The summed E-state index contributed by atoms with van der Waals surface area (Å²) < 4.78 is 39.4. The Bertz CT molecular complexity index is 926. The van der Waals surface area contributed by atoms with Crippen LogP contribution in [0.1, 0.15) is 23.1 Å². The van der Waals surface area contributed by atoms with Crippen molar-refractivity contribution < 1.29 is 17.7 Å². The molecule has 4 heteroatoms. The number of pyridine rings is 1. The van der Waals surface area contributed by atoms with Crippen molar-refractivity contribution >= 4 is 10.9 Å². The molecule has 0 aliphatic heterocycles. The molecule has 0 spiro atoms. The third kappa shape index (κ3) is 3.84. The predicted octanol–water partition coefficient (Wildman–Crippen LogP) is 5.44. The zero-order valence-electron chi connectivity index (χ0n) is 14.6. The van der Waals surface area contributed by atoms with Gasteiger partial charge >= 0.3 is 6.18 Å². The van der Waals surface area contributed by atoms with E-state index in [1.807, 2.05) is 31.3 Å². The van der Waals surface area contributed by atoms with Crippen molar-refractivity contribution in [1.82, 2.24) is 0 Å². The van der Waals surface area contributed by atoms with Crippen molar-refractivity contribution in [2.75, 3.05) is 0 Å². The van der Waals surface area contributed by atoms with E-state index in [9.17, 15) is 13.2 Å². The predicted molar refractivity (Wildman–Crippen MR) is 94.4 cm³/mol. The van der Waals surface area contributed by atoms with E-state index in [0.717, 1.165) is 16.6 Å². The molecule has 130 valence electrons. The number of halogens is 3. The van der Waals surface area contributed by atoms with Crippen LogP contribution >= 0.6 is 0 Å². The van der Waals surface area contributed by atoms with Crippen molar-refractivity contribution in [2.45, 2.75) is 32.9 Å². The lowest BCUT2D eigenvalue weighted by atomic mass is 10.0. The van der Waals surface area contributed by atoms with E-state index in [1.54, 1.807) is 6.07 Å². The van der Waals surface area contributed by atoms with Crippen LogP contribution in [-0.4, -0.2) is 6.18 Å².